The van der Waals surface area contributed by atoms with Crippen LogP contribution in [-0.2, 0) is 0 Å². The Labute approximate surface area is 144 Å². The first-order valence-electron chi connectivity index (χ1n) is 7.15. The molecule has 0 fully saturated rings. The van der Waals surface area contributed by atoms with Crippen LogP contribution in [0.5, 0.6) is 0 Å². The number of amides is 1. The smallest absolute Gasteiger partial charge is 0.257 e. The van der Waals surface area contributed by atoms with Gasteiger partial charge in [0.15, 0.2) is 5.13 Å². The van der Waals surface area contributed by atoms with Crippen LogP contribution in [0, 0.1) is 13.8 Å². The SMILES string of the molecule is Cc1ccc(-c2nc(NC(=O)c3ccccc3)sc2C)cc1Cl. The van der Waals surface area contributed by atoms with E-state index in [2.05, 4.69) is 10.3 Å². The van der Waals surface area contributed by atoms with Crippen molar-refractivity contribution in [2.45, 2.75) is 13.8 Å². The van der Waals surface area contributed by atoms with Crippen LogP contribution in [-0.4, -0.2) is 10.9 Å². The molecule has 0 saturated heterocycles. The molecule has 0 radical (unpaired) electrons. The summed E-state index contributed by atoms with van der Waals surface area (Å²) in [5, 5.41) is 4.15. The van der Waals surface area contributed by atoms with Gasteiger partial charge in [0.2, 0.25) is 0 Å². The number of aryl methyl sites for hydroxylation is 2. The van der Waals surface area contributed by atoms with Crippen LogP contribution < -0.4 is 5.32 Å². The van der Waals surface area contributed by atoms with E-state index in [0.717, 1.165) is 21.7 Å². The Morgan fingerprint density at radius 3 is 2.57 bits per heavy atom. The van der Waals surface area contributed by atoms with Crippen LogP contribution in [0.2, 0.25) is 5.02 Å². The van der Waals surface area contributed by atoms with E-state index in [-0.39, 0.29) is 5.91 Å². The van der Waals surface area contributed by atoms with Crippen molar-refractivity contribution in [2.75, 3.05) is 5.32 Å². The second-order valence-electron chi connectivity index (χ2n) is 5.21. The summed E-state index contributed by atoms with van der Waals surface area (Å²) >= 11 is 7.65. The van der Waals surface area contributed by atoms with Crippen LogP contribution in [0.1, 0.15) is 20.8 Å². The van der Waals surface area contributed by atoms with Gasteiger partial charge in [-0.15, -0.1) is 11.3 Å². The molecular weight excluding hydrogens is 328 g/mol. The lowest BCUT2D eigenvalue weighted by molar-refractivity contribution is 0.102. The van der Waals surface area contributed by atoms with Crippen molar-refractivity contribution in [2.24, 2.45) is 0 Å². The van der Waals surface area contributed by atoms with Crippen LogP contribution >= 0.6 is 22.9 Å². The predicted molar refractivity (Wildman–Crippen MR) is 96.4 cm³/mol. The minimum absolute atomic E-state index is 0.159. The highest BCUT2D eigenvalue weighted by atomic mass is 35.5. The highest BCUT2D eigenvalue weighted by molar-refractivity contribution is 7.16. The molecule has 0 aliphatic heterocycles. The Morgan fingerprint density at radius 1 is 1.13 bits per heavy atom. The molecule has 0 saturated carbocycles. The van der Waals surface area contributed by atoms with Gasteiger partial charge in [0, 0.05) is 21.0 Å². The number of carbonyl (C=O) groups is 1. The number of aromatic nitrogens is 1. The molecule has 1 N–H and O–H groups in total. The van der Waals surface area contributed by atoms with Gasteiger partial charge in [0.05, 0.1) is 5.69 Å². The summed E-state index contributed by atoms with van der Waals surface area (Å²) in [6.45, 7) is 3.95. The summed E-state index contributed by atoms with van der Waals surface area (Å²) in [7, 11) is 0. The molecular formula is C18H15ClN2OS. The quantitative estimate of drug-likeness (QED) is 0.698. The number of anilines is 1. The summed E-state index contributed by atoms with van der Waals surface area (Å²) in [5.41, 5.74) is 3.44. The topological polar surface area (TPSA) is 42.0 Å². The predicted octanol–water partition coefficient (Wildman–Crippen LogP) is 5.33. The summed E-state index contributed by atoms with van der Waals surface area (Å²) in [4.78, 5) is 17.8. The fourth-order valence-electron chi connectivity index (χ4n) is 2.22. The zero-order chi connectivity index (χ0) is 16.4. The lowest BCUT2D eigenvalue weighted by Gasteiger charge is -2.02. The Kier molecular flexibility index (Phi) is 4.46. The van der Waals surface area contributed by atoms with Gasteiger partial charge in [-0.1, -0.05) is 41.9 Å². The first-order chi connectivity index (χ1) is 11.0. The van der Waals surface area contributed by atoms with Crippen molar-refractivity contribution in [1.29, 1.82) is 0 Å². The van der Waals surface area contributed by atoms with Gasteiger partial charge in [-0.05, 0) is 37.6 Å². The standard InChI is InChI=1S/C18H15ClN2OS/c1-11-8-9-14(10-15(11)19)16-12(2)23-18(20-16)21-17(22)13-6-4-3-5-7-13/h3-10H,1-2H3,(H,20,21,22). The number of hydrogen-bond donors (Lipinski definition) is 1. The minimum Gasteiger partial charge on any atom is -0.298 e. The lowest BCUT2D eigenvalue weighted by atomic mass is 10.1. The molecule has 1 amide bonds. The maximum Gasteiger partial charge on any atom is 0.257 e. The minimum atomic E-state index is -0.159. The Hall–Kier alpha value is -2.17. The van der Waals surface area contributed by atoms with Gasteiger partial charge >= 0.3 is 0 Å². The maximum atomic E-state index is 12.2. The van der Waals surface area contributed by atoms with E-state index in [1.165, 1.54) is 11.3 Å². The zero-order valence-electron chi connectivity index (χ0n) is 12.8. The van der Waals surface area contributed by atoms with E-state index in [1.54, 1.807) is 12.1 Å². The van der Waals surface area contributed by atoms with Crippen molar-refractivity contribution in [3.8, 4) is 11.3 Å². The number of rotatable bonds is 3. The summed E-state index contributed by atoms with van der Waals surface area (Å²) < 4.78 is 0. The molecule has 0 aliphatic carbocycles. The molecule has 2 aromatic carbocycles. The van der Waals surface area contributed by atoms with E-state index < -0.39 is 0 Å². The first-order valence-corrected chi connectivity index (χ1v) is 8.34. The highest BCUT2D eigenvalue weighted by Crippen LogP contribution is 2.32. The van der Waals surface area contributed by atoms with E-state index in [1.807, 2.05) is 50.2 Å². The van der Waals surface area contributed by atoms with Crippen molar-refractivity contribution in [1.82, 2.24) is 4.98 Å². The second-order valence-corrected chi connectivity index (χ2v) is 6.82. The first kappa shape index (κ1) is 15.7. The number of halogens is 1. The Balaban J connectivity index is 1.86. The van der Waals surface area contributed by atoms with E-state index in [4.69, 9.17) is 11.6 Å². The van der Waals surface area contributed by atoms with Crippen molar-refractivity contribution >= 4 is 34.0 Å². The number of hydrogen-bond acceptors (Lipinski definition) is 3. The molecule has 5 heteroatoms. The molecule has 3 nitrogen and oxygen atoms in total. The fraction of sp³-hybridized carbons (Fsp3) is 0.111. The van der Waals surface area contributed by atoms with Gasteiger partial charge < -0.3 is 0 Å². The molecule has 0 unspecified atom stereocenters. The van der Waals surface area contributed by atoms with E-state index >= 15 is 0 Å². The third-order valence-electron chi connectivity index (χ3n) is 3.50. The molecule has 3 rings (SSSR count). The largest absolute Gasteiger partial charge is 0.298 e. The fourth-order valence-corrected chi connectivity index (χ4v) is 3.23. The van der Waals surface area contributed by atoms with Crippen molar-refractivity contribution in [3.05, 3.63) is 69.6 Å². The maximum absolute atomic E-state index is 12.2. The average Bonchev–Trinajstić information content (AvgIpc) is 2.91. The van der Waals surface area contributed by atoms with Crippen molar-refractivity contribution < 1.29 is 4.79 Å². The number of nitrogens with zero attached hydrogens (tertiary/aromatic N) is 1. The molecule has 23 heavy (non-hydrogen) atoms. The second kappa shape index (κ2) is 6.52. The Morgan fingerprint density at radius 2 is 1.87 bits per heavy atom. The van der Waals surface area contributed by atoms with Crippen molar-refractivity contribution in [3.63, 3.8) is 0 Å². The van der Waals surface area contributed by atoms with Gasteiger partial charge in [-0.3, -0.25) is 10.1 Å². The van der Waals surface area contributed by atoms with Gasteiger partial charge in [0.1, 0.15) is 0 Å². The number of nitrogens with one attached hydrogen (secondary N) is 1. The molecule has 116 valence electrons. The molecule has 3 aromatic rings. The summed E-state index contributed by atoms with van der Waals surface area (Å²) in [6.07, 6.45) is 0. The molecule has 1 heterocycles. The third-order valence-corrected chi connectivity index (χ3v) is 4.79. The van der Waals surface area contributed by atoms with Crippen LogP contribution in [0.4, 0.5) is 5.13 Å². The zero-order valence-corrected chi connectivity index (χ0v) is 14.3. The average molecular weight is 343 g/mol. The Bertz CT molecular complexity index is 859. The van der Waals surface area contributed by atoms with Crippen LogP contribution in [0.3, 0.4) is 0 Å². The van der Waals surface area contributed by atoms with Crippen LogP contribution in [0.25, 0.3) is 11.3 Å². The van der Waals surface area contributed by atoms with E-state index in [0.29, 0.717) is 15.7 Å². The third kappa shape index (κ3) is 3.44. The van der Waals surface area contributed by atoms with Gasteiger partial charge in [0.25, 0.3) is 5.91 Å². The molecule has 0 aliphatic rings. The molecule has 0 bridgehead atoms. The number of carbonyl (C=O) groups excluding carboxylic acids is 1. The van der Waals surface area contributed by atoms with Gasteiger partial charge in [-0.25, -0.2) is 4.98 Å². The monoisotopic (exact) mass is 342 g/mol. The van der Waals surface area contributed by atoms with Gasteiger partial charge in [-0.2, -0.15) is 0 Å². The molecule has 1 aromatic heterocycles. The lowest BCUT2D eigenvalue weighted by Crippen LogP contribution is -2.11. The number of benzene rings is 2. The molecule has 0 spiro atoms. The number of thiazole rings is 1. The normalized spacial score (nSPS) is 10.6. The summed E-state index contributed by atoms with van der Waals surface area (Å²) in [5.74, 6) is -0.159. The summed E-state index contributed by atoms with van der Waals surface area (Å²) in [6, 6.07) is 15.0. The van der Waals surface area contributed by atoms with E-state index in [9.17, 15) is 4.79 Å². The van der Waals surface area contributed by atoms with Crippen LogP contribution in [0.15, 0.2) is 48.5 Å². The highest BCUT2D eigenvalue weighted by Gasteiger charge is 2.13. The molecule has 0 atom stereocenters.